The maximum Gasteiger partial charge on any atom is 0.323 e. The number of hydrogen-bond donors (Lipinski definition) is 1. The first kappa shape index (κ1) is 14.4. The fourth-order valence-corrected chi connectivity index (χ4v) is 3.16. The summed E-state index contributed by atoms with van der Waals surface area (Å²) in [7, 11) is 0. The van der Waals surface area contributed by atoms with Crippen LogP contribution in [0, 0.1) is 5.92 Å². The molecule has 1 saturated heterocycles. The molecule has 0 aromatic heterocycles. The molecule has 3 nitrogen and oxygen atoms in total. The molecular formula is C15H20ClNO2. The number of carbonyl (C=O) groups excluding carboxylic acids is 1. The molecule has 1 N–H and O–H groups in total. The van der Waals surface area contributed by atoms with E-state index in [1.807, 2.05) is 30.3 Å². The predicted octanol–water partition coefficient (Wildman–Crippen LogP) is 2.68. The highest BCUT2D eigenvalue weighted by Crippen LogP contribution is 2.34. The molecule has 0 spiro atoms. The molecule has 1 heterocycles. The number of esters is 1. The fourth-order valence-electron chi connectivity index (χ4n) is 3.16. The molecule has 4 heteroatoms. The summed E-state index contributed by atoms with van der Waals surface area (Å²) in [6, 6.07) is 10.3. The van der Waals surface area contributed by atoms with Crippen molar-refractivity contribution >= 4 is 18.4 Å². The van der Waals surface area contributed by atoms with Gasteiger partial charge in [0.2, 0.25) is 0 Å². The van der Waals surface area contributed by atoms with Crippen molar-refractivity contribution in [3.63, 3.8) is 0 Å². The topological polar surface area (TPSA) is 38.3 Å². The Morgan fingerprint density at radius 2 is 2.05 bits per heavy atom. The summed E-state index contributed by atoms with van der Waals surface area (Å²) >= 11 is 0. The van der Waals surface area contributed by atoms with E-state index in [-0.39, 0.29) is 24.4 Å². The van der Waals surface area contributed by atoms with Crippen molar-refractivity contribution in [1.82, 2.24) is 5.32 Å². The maximum atomic E-state index is 12.0. The summed E-state index contributed by atoms with van der Waals surface area (Å²) in [4.78, 5) is 12.0. The molecule has 2 fully saturated rings. The van der Waals surface area contributed by atoms with Crippen LogP contribution in [0.2, 0.25) is 0 Å². The molecule has 1 aliphatic carbocycles. The van der Waals surface area contributed by atoms with Crippen LogP contribution >= 0.6 is 12.4 Å². The SMILES string of the molecule is Cl.O=C(OCc1ccccc1)C1CC2CCC[C@@H]2N1. The zero-order valence-corrected chi connectivity index (χ0v) is 11.7. The van der Waals surface area contributed by atoms with Crippen molar-refractivity contribution in [2.75, 3.05) is 0 Å². The van der Waals surface area contributed by atoms with E-state index in [0.29, 0.717) is 18.6 Å². The average Bonchev–Trinajstić information content (AvgIpc) is 2.98. The summed E-state index contributed by atoms with van der Waals surface area (Å²) in [6.07, 6.45) is 4.74. The molecule has 0 radical (unpaired) electrons. The van der Waals surface area contributed by atoms with E-state index in [1.165, 1.54) is 19.3 Å². The van der Waals surface area contributed by atoms with Gasteiger partial charge in [0.1, 0.15) is 12.6 Å². The standard InChI is InChI=1S/C15H19NO2.ClH/c17-15(18-10-11-5-2-1-3-6-11)14-9-12-7-4-8-13(12)16-14;/h1-3,5-6,12-14,16H,4,7-10H2;1H/t12?,13-,14?;/m0./s1. The van der Waals surface area contributed by atoms with E-state index in [2.05, 4.69) is 5.32 Å². The van der Waals surface area contributed by atoms with Crippen molar-refractivity contribution < 1.29 is 9.53 Å². The molecule has 2 unspecified atom stereocenters. The lowest BCUT2D eigenvalue weighted by atomic mass is 10.0. The first-order chi connectivity index (χ1) is 8.83. The molecule has 1 saturated carbocycles. The smallest absolute Gasteiger partial charge is 0.323 e. The van der Waals surface area contributed by atoms with Gasteiger partial charge in [0, 0.05) is 6.04 Å². The monoisotopic (exact) mass is 281 g/mol. The molecule has 0 bridgehead atoms. The van der Waals surface area contributed by atoms with Crippen molar-refractivity contribution in [3.8, 4) is 0 Å². The van der Waals surface area contributed by atoms with Gasteiger partial charge in [-0.15, -0.1) is 12.4 Å². The van der Waals surface area contributed by atoms with Crippen LogP contribution in [0.25, 0.3) is 0 Å². The lowest BCUT2D eigenvalue weighted by Crippen LogP contribution is -2.36. The van der Waals surface area contributed by atoms with Gasteiger partial charge in [-0.3, -0.25) is 4.79 Å². The van der Waals surface area contributed by atoms with E-state index in [1.54, 1.807) is 0 Å². The van der Waals surface area contributed by atoms with Crippen LogP contribution in [-0.2, 0) is 16.1 Å². The average molecular weight is 282 g/mol. The zero-order chi connectivity index (χ0) is 12.4. The number of ether oxygens (including phenoxy) is 1. The second-order valence-corrected chi connectivity index (χ2v) is 5.35. The summed E-state index contributed by atoms with van der Waals surface area (Å²) in [5.74, 6) is 0.604. The Balaban J connectivity index is 0.00000133. The molecule has 2 aliphatic rings. The Labute approximate surface area is 120 Å². The quantitative estimate of drug-likeness (QED) is 0.866. The van der Waals surface area contributed by atoms with Gasteiger partial charge in [0.25, 0.3) is 0 Å². The van der Waals surface area contributed by atoms with Gasteiger partial charge in [-0.05, 0) is 30.7 Å². The number of carbonyl (C=O) groups is 1. The number of halogens is 1. The number of benzene rings is 1. The van der Waals surface area contributed by atoms with Crippen LogP contribution in [0.4, 0.5) is 0 Å². The van der Waals surface area contributed by atoms with Crippen molar-refractivity contribution in [3.05, 3.63) is 35.9 Å². The molecule has 3 rings (SSSR count). The molecule has 0 amide bonds. The van der Waals surface area contributed by atoms with Gasteiger partial charge in [0.15, 0.2) is 0 Å². The summed E-state index contributed by atoms with van der Waals surface area (Å²) in [5, 5.41) is 3.41. The Morgan fingerprint density at radius 1 is 1.26 bits per heavy atom. The molecule has 3 atom stereocenters. The third kappa shape index (κ3) is 3.28. The first-order valence-corrected chi connectivity index (χ1v) is 6.79. The van der Waals surface area contributed by atoms with Crippen LogP contribution in [0.3, 0.4) is 0 Å². The Hall–Kier alpha value is -1.06. The molecule has 1 aromatic rings. The number of nitrogens with one attached hydrogen (secondary N) is 1. The predicted molar refractivity (Wildman–Crippen MR) is 76.2 cm³/mol. The van der Waals surface area contributed by atoms with E-state index in [4.69, 9.17) is 4.74 Å². The van der Waals surface area contributed by atoms with E-state index in [9.17, 15) is 4.79 Å². The van der Waals surface area contributed by atoms with Gasteiger partial charge in [-0.2, -0.15) is 0 Å². The minimum atomic E-state index is -0.0896. The normalized spacial score (nSPS) is 28.5. The Bertz CT molecular complexity index is 411. The van der Waals surface area contributed by atoms with Crippen LogP contribution in [0.15, 0.2) is 30.3 Å². The second kappa shape index (κ2) is 6.40. The van der Waals surface area contributed by atoms with Gasteiger partial charge < -0.3 is 10.1 Å². The summed E-state index contributed by atoms with van der Waals surface area (Å²) in [6.45, 7) is 0.382. The van der Waals surface area contributed by atoms with Gasteiger partial charge in [-0.25, -0.2) is 0 Å². The minimum Gasteiger partial charge on any atom is -0.460 e. The lowest BCUT2D eigenvalue weighted by Gasteiger charge is -2.12. The van der Waals surface area contributed by atoms with Crippen LogP contribution < -0.4 is 5.32 Å². The first-order valence-electron chi connectivity index (χ1n) is 6.79. The maximum absolute atomic E-state index is 12.0. The number of fused-ring (bicyclic) bond motifs is 1. The molecule has 1 aliphatic heterocycles. The number of hydrogen-bond acceptors (Lipinski definition) is 3. The van der Waals surface area contributed by atoms with Crippen LogP contribution in [0.5, 0.6) is 0 Å². The largest absolute Gasteiger partial charge is 0.460 e. The third-order valence-corrected chi connectivity index (χ3v) is 4.12. The Morgan fingerprint density at radius 3 is 2.79 bits per heavy atom. The molecular weight excluding hydrogens is 262 g/mol. The Kier molecular flexibility index (Phi) is 4.83. The van der Waals surface area contributed by atoms with E-state index in [0.717, 1.165) is 12.0 Å². The zero-order valence-electron chi connectivity index (χ0n) is 10.9. The second-order valence-electron chi connectivity index (χ2n) is 5.35. The van der Waals surface area contributed by atoms with Crippen LogP contribution in [0.1, 0.15) is 31.2 Å². The molecule has 19 heavy (non-hydrogen) atoms. The van der Waals surface area contributed by atoms with Gasteiger partial charge in [0.05, 0.1) is 0 Å². The fraction of sp³-hybridized carbons (Fsp3) is 0.533. The molecule has 1 aromatic carbocycles. The minimum absolute atomic E-state index is 0. The number of rotatable bonds is 3. The van der Waals surface area contributed by atoms with Gasteiger partial charge in [-0.1, -0.05) is 36.8 Å². The third-order valence-electron chi connectivity index (χ3n) is 4.12. The lowest BCUT2D eigenvalue weighted by molar-refractivity contribution is -0.147. The summed E-state index contributed by atoms with van der Waals surface area (Å²) in [5.41, 5.74) is 1.05. The highest BCUT2D eigenvalue weighted by Gasteiger charge is 2.40. The van der Waals surface area contributed by atoms with Crippen molar-refractivity contribution in [1.29, 1.82) is 0 Å². The van der Waals surface area contributed by atoms with Gasteiger partial charge >= 0.3 is 5.97 Å². The van der Waals surface area contributed by atoms with Crippen molar-refractivity contribution in [2.24, 2.45) is 5.92 Å². The van der Waals surface area contributed by atoms with E-state index < -0.39 is 0 Å². The highest BCUT2D eigenvalue weighted by molar-refractivity contribution is 5.85. The van der Waals surface area contributed by atoms with Crippen LogP contribution in [-0.4, -0.2) is 18.1 Å². The van der Waals surface area contributed by atoms with Crippen molar-refractivity contribution in [2.45, 2.75) is 44.4 Å². The highest BCUT2D eigenvalue weighted by atomic mass is 35.5. The molecule has 104 valence electrons. The summed E-state index contributed by atoms with van der Waals surface area (Å²) < 4.78 is 5.38. The van der Waals surface area contributed by atoms with E-state index >= 15 is 0 Å².